The van der Waals surface area contributed by atoms with Crippen molar-refractivity contribution in [1.29, 1.82) is 0 Å². The number of rotatable bonds is 1. The summed E-state index contributed by atoms with van der Waals surface area (Å²) in [4.78, 5) is 0.949. The van der Waals surface area contributed by atoms with Gasteiger partial charge >= 0.3 is 0 Å². The van der Waals surface area contributed by atoms with Gasteiger partial charge < -0.3 is 15.4 Å². The zero-order valence-electron chi connectivity index (χ0n) is 8.18. The molecule has 0 aliphatic heterocycles. The molecule has 1 aromatic carbocycles. The molecular weight excluding hydrogens is 224 g/mol. The first-order valence-electron chi connectivity index (χ1n) is 4.67. The zero-order valence-corrected chi connectivity index (χ0v) is 8.99. The van der Waals surface area contributed by atoms with E-state index in [1.54, 1.807) is 29.5 Å². The van der Waals surface area contributed by atoms with E-state index >= 15 is 0 Å². The van der Waals surface area contributed by atoms with Crippen molar-refractivity contribution in [3.63, 3.8) is 0 Å². The first-order chi connectivity index (χ1) is 7.72. The minimum atomic E-state index is 0.258. The van der Waals surface area contributed by atoms with Crippen molar-refractivity contribution in [3.8, 4) is 16.4 Å². The van der Waals surface area contributed by atoms with E-state index in [4.69, 9.17) is 10.3 Å². The Morgan fingerprint density at radius 1 is 1.25 bits per heavy atom. The lowest BCUT2D eigenvalue weighted by Crippen LogP contribution is -1.79. The third-order valence-corrected chi connectivity index (χ3v) is 3.40. The summed E-state index contributed by atoms with van der Waals surface area (Å²) in [5.74, 6) is 1.28. The van der Waals surface area contributed by atoms with Gasteiger partial charge in [-0.2, -0.15) is 0 Å². The third kappa shape index (κ3) is 1.42. The van der Waals surface area contributed by atoms with E-state index in [1.165, 1.54) is 0 Å². The van der Waals surface area contributed by atoms with Gasteiger partial charge in [0.2, 0.25) is 0 Å². The molecule has 3 rings (SSSR count). The fourth-order valence-electron chi connectivity index (χ4n) is 1.56. The number of hydrogen-bond donors (Lipinski definition) is 2. The monoisotopic (exact) mass is 232 g/mol. The molecule has 0 unspecified atom stereocenters. The number of benzene rings is 1. The fraction of sp³-hybridized carbons (Fsp3) is 0. The van der Waals surface area contributed by atoms with Crippen LogP contribution in [0.25, 0.3) is 20.7 Å². The number of phenolic OH excluding ortho intramolecular Hbond substituents is 1. The van der Waals surface area contributed by atoms with Crippen LogP contribution in [-0.2, 0) is 0 Å². The Bertz CT molecular complexity index is 657. The molecule has 0 saturated carbocycles. The maximum atomic E-state index is 9.36. The molecule has 0 atom stereocenters. The Hall–Kier alpha value is -2.01. The van der Waals surface area contributed by atoms with Crippen LogP contribution in [0.15, 0.2) is 34.9 Å². The summed E-state index contributed by atoms with van der Waals surface area (Å²) in [5, 5.41) is 14.0. The maximum absolute atomic E-state index is 9.36. The van der Waals surface area contributed by atoms with Crippen LogP contribution < -0.4 is 5.73 Å². The average Bonchev–Trinajstić information content (AvgIpc) is 2.83. The second kappa shape index (κ2) is 3.24. The normalized spacial score (nSPS) is 11.0. The Morgan fingerprint density at radius 2 is 2.12 bits per heavy atom. The second-order valence-corrected chi connectivity index (χ2v) is 4.53. The number of thiophene rings is 1. The number of nitrogens with two attached hydrogens (primary N) is 1. The van der Waals surface area contributed by atoms with Gasteiger partial charge in [0.1, 0.15) is 5.75 Å². The minimum absolute atomic E-state index is 0.258. The molecule has 0 saturated heterocycles. The van der Waals surface area contributed by atoms with E-state index in [9.17, 15) is 5.11 Å². The molecule has 2 heterocycles. The van der Waals surface area contributed by atoms with Crippen LogP contribution in [0.5, 0.6) is 5.75 Å². The summed E-state index contributed by atoms with van der Waals surface area (Å²) < 4.78 is 6.17. The lowest BCUT2D eigenvalue weighted by Gasteiger charge is -1.89. The van der Waals surface area contributed by atoms with E-state index in [0.717, 1.165) is 15.0 Å². The number of hydrogen-bond acceptors (Lipinski definition) is 5. The van der Waals surface area contributed by atoms with Crippen LogP contribution in [0.4, 0.5) is 5.82 Å². The SMILES string of the molecule is Nc1cc(-c2cc3cc(O)ccc3s2)on1. The zero-order chi connectivity index (χ0) is 11.1. The maximum Gasteiger partial charge on any atom is 0.179 e. The first-order valence-corrected chi connectivity index (χ1v) is 5.49. The van der Waals surface area contributed by atoms with Gasteiger partial charge in [-0.05, 0) is 29.7 Å². The molecule has 0 aliphatic carbocycles. The minimum Gasteiger partial charge on any atom is -0.508 e. The summed E-state index contributed by atoms with van der Waals surface area (Å²) in [6.07, 6.45) is 0. The van der Waals surface area contributed by atoms with Gasteiger partial charge in [-0.1, -0.05) is 5.16 Å². The van der Waals surface area contributed by atoms with Crippen molar-refractivity contribution >= 4 is 27.2 Å². The van der Waals surface area contributed by atoms with Gasteiger partial charge in [-0.25, -0.2) is 0 Å². The molecule has 0 radical (unpaired) electrons. The van der Waals surface area contributed by atoms with Crippen LogP contribution in [0.3, 0.4) is 0 Å². The highest BCUT2D eigenvalue weighted by Crippen LogP contribution is 2.35. The molecule has 4 nitrogen and oxygen atoms in total. The molecule has 80 valence electrons. The largest absolute Gasteiger partial charge is 0.508 e. The molecule has 3 aromatic rings. The molecule has 0 aliphatic rings. The lowest BCUT2D eigenvalue weighted by molar-refractivity contribution is 0.436. The molecule has 5 heteroatoms. The standard InChI is InChI=1S/C11H8N2O2S/c12-11-5-8(15-13-11)10-4-6-3-7(14)1-2-9(6)16-10/h1-5,14H,(H2,12,13). The van der Waals surface area contributed by atoms with Crippen LogP contribution in [0.2, 0.25) is 0 Å². The van der Waals surface area contributed by atoms with E-state index in [0.29, 0.717) is 11.6 Å². The van der Waals surface area contributed by atoms with Crippen molar-refractivity contribution in [2.45, 2.75) is 0 Å². The molecular formula is C11H8N2O2S. The van der Waals surface area contributed by atoms with Gasteiger partial charge in [-0.3, -0.25) is 0 Å². The Morgan fingerprint density at radius 3 is 2.88 bits per heavy atom. The van der Waals surface area contributed by atoms with E-state index in [2.05, 4.69) is 5.16 Å². The number of nitrogens with zero attached hydrogens (tertiary/aromatic N) is 1. The summed E-state index contributed by atoms with van der Waals surface area (Å²) in [6, 6.07) is 8.88. The van der Waals surface area contributed by atoms with E-state index in [1.807, 2.05) is 12.1 Å². The molecule has 0 amide bonds. The number of fused-ring (bicyclic) bond motifs is 1. The predicted molar refractivity (Wildman–Crippen MR) is 63.4 cm³/mol. The highest BCUT2D eigenvalue weighted by molar-refractivity contribution is 7.22. The topological polar surface area (TPSA) is 72.3 Å². The summed E-state index contributed by atoms with van der Waals surface area (Å²) >= 11 is 1.57. The number of anilines is 1. The van der Waals surface area contributed by atoms with Crippen molar-refractivity contribution in [2.75, 3.05) is 5.73 Å². The average molecular weight is 232 g/mol. The molecule has 0 bridgehead atoms. The van der Waals surface area contributed by atoms with Crippen LogP contribution in [0.1, 0.15) is 0 Å². The number of nitrogen functional groups attached to an aromatic ring is 1. The smallest absolute Gasteiger partial charge is 0.179 e. The van der Waals surface area contributed by atoms with Crippen LogP contribution in [-0.4, -0.2) is 10.3 Å². The van der Waals surface area contributed by atoms with Gasteiger partial charge in [0.05, 0.1) is 4.88 Å². The summed E-state index contributed by atoms with van der Waals surface area (Å²) in [6.45, 7) is 0. The first kappa shape index (κ1) is 9.23. The number of phenols is 1. The molecule has 16 heavy (non-hydrogen) atoms. The van der Waals surface area contributed by atoms with E-state index in [-0.39, 0.29) is 5.75 Å². The van der Waals surface area contributed by atoms with Gasteiger partial charge in [0.15, 0.2) is 11.6 Å². The molecule has 0 spiro atoms. The van der Waals surface area contributed by atoms with Gasteiger partial charge in [0.25, 0.3) is 0 Å². The quantitative estimate of drug-likeness (QED) is 0.676. The van der Waals surface area contributed by atoms with Crippen molar-refractivity contribution in [1.82, 2.24) is 5.16 Å². The van der Waals surface area contributed by atoms with Crippen molar-refractivity contribution in [3.05, 3.63) is 30.3 Å². The van der Waals surface area contributed by atoms with Crippen LogP contribution >= 0.6 is 11.3 Å². The van der Waals surface area contributed by atoms with Crippen molar-refractivity contribution in [2.24, 2.45) is 0 Å². The fourth-order valence-corrected chi connectivity index (χ4v) is 2.55. The lowest BCUT2D eigenvalue weighted by atomic mass is 10.2. The van der Waals surface area contributed by atoms with Crippen molar-refractivity contribution < 1.29 is 9.63 Å². The van der Waals surface area contributed by atoms with Crippen LogP contribution in [0, 0.1) is 0 Å². The summed E-state index contributed by atoms with van der Waals surface area (Å²) in [7, 11) is 0. The molecule has 0 fully saturated rings. The highest BCUT2D eigenvalue weighted by atomic mass is 32.1. The van der Waals surface area contributed by atoms with Gasteiger partial charge in [0, 0.05) is 10.8 Å². The second-order valence-electron chi connectivity index (χ2n) is 3.45. The summed E-state index contributed by atoms with van der Waals surface area (Å²) in [5.41, 5.74) is 5.49. The third-order valence-electron chi connectivity index (χ3n) is 2.27. The molecule has 2 aromatic heterocycles. The van der Waals surface area contributed by atoms with Gasteiger partial charge in [-0.15, -0.1) is 11.3 Å². The predicted octanol–water partition coefficient (Wildman–Crippen LogP) is 2.84. The number of aromatic hydroxyl groups is 1. The Balaban J connectivity index is 2.18. The van der Waals surface area contributed by atoms with E-state index < -0.39 is 0 Å². The Kier molecular flexibility index (Phi) is 1.87. The Labute approximate surface area is 94.9 Å². The highest BCUT2D eigenvalue weighted by Gasteiger charge is 2.09. The number of aromatic nitrogens is 1. The molecule has 3 N–H and O–H groups in total.